The second-order valence-corrected chi connectivity index (χ2v) is 30.7. The number of nitrogens with one attached hydrogen (secondary N) is 4. The molecule has 0 radical (unpaired) electrons. The summed E-state index contributed by atoms with van der Waals surface area (Å²) in [5, 5.41) is 97.5. The van der Waals surface area contributed by atoms with E-state index in [1.807, 2.05) is 91.8 Å². The van der Waals surface area contributed by atoms with Crippen molar-refractivity contribution in [2.75, 3.05) is 92.5 Å². The number of hydrogen-bond acceptors (Lipinski definition) is 25. The second kappa shape index (κ2) is 39.4. The Bertz CT molecular complexity index is 5120. The molecule has 4 aromatic heterocycles. The Hall–Kier alpha value is -10.1. The highest BCUT2D eigenvalue weighted by Crippen LogP contribution is 2.48. The summed E-state index contributed by atoms with van der Waals surface area (Å²) < 4.78 is 40.7. The van der Waals surface area contributed by atoms with Crippen LogP contribution in [0.1, 0.15) is 238 Å². The van der Waals surface area contributed by atoms with Crippen molar-refractivity contribution in [3.8, 4) is 0 Å². The lowest BCUT2D eigenvalue weighted by atomic mass is 9.84. The number of carboxylic acid groups (broad SMARTS) is 2. The normalized spacial score (nSPS) is 18.8. The van der Waals surface area contributed by atoms with Gasteiger partial charge in [0.1, 0.15) is 42.2 Å². The van der Waals surface area contributed by atoms with Crippen molar-refractivity contribution >= 4 is 102 Å². The van der Waals surface area contributed by atoms with Gasteiger partial charge in [0.25, 0.3) is 11.8 Å². The number of ether oxygens (including phenoxy) is 7. The summed E-state index contributed by atoms with van der Waals surface area (Å²) in [7, 11) is 0. The number of nitrogens with zero attached hydrogens (tertiary/aromatic N) is 5. The molecule has 32 nitrogen and oxygen atoms in total. The number of H-pyrrole nitrogens is 4. The Balaban J connectivity index is 0.000000275. The van der Waals surface area contributed by atoms with Crippen LogP contribution in [0.2, 0.25) is 0 Å². The van der Waals surface area contributed by atoms with E-state index in [0.29, 0.717) is 80.4 Å². The lowest BCUT2D eigenvalue weighted by molar-refractivity contribution is -0.138. The molecule has 119 heavy (non-hydrogen) atoms. The van der Waals surface area contributed by atoms with Gasteiger partial charge in [-0.2, -0.15) is 0 Å². The number of esters is 2. The van der Waals surface area contributed by atoms with E-state index in [0.717, 1.165) is 84.4 Å². The molecule has 0 saturated heterocycles. The minimum Gasteiger partial charge on any atom is -0.481 e. The van der Waals surface area contributed by atoms with Gasteiger partial charge in [0.15, 0.2) is 0 Å². The van der Waals surface area contributed by atoms with Crippen molar-refractivity contribution < 1.29 is 113 Å². The zero-order valence-corrected chi connectivity index (χ0v) is 68.5. The first-order valence-corrected chi connectivity index (χ1v) is 39.9. The van der Waals surface area contributed by atoms with Gasteiger partial charge in [-0.1, -0.05) is 53.0 Å². The summed E-state index contributed by atoms with van der Waals surface area (Å²) in [6.07, 6.45) is -2.07. The minimum atomic E-state index is -1.32. The number of carbonyl (C=O) groups is 6. The topological polar surface area (TPSA) is 487 Å². The van der Waals surface area contributed by atoms with Crippen molar-refractivity contribution in [3.05, 3.63) is 163 Å². The molecular formula is C87H107N9O23. The molecule has 8 atom stereocenters. The van der Waals surface area contributed by atoms with E-state index in [9.17, 15) is 70.2 Å². The molecule has 6 unspecified atom stereocenters. The number of carboxylic acids is 2. The molecule has 16 bridgehead atoms. The predicted octanol–water partition coefficient (Wildman–Crippen LogP) is 8.64. The van der Waals surface area contributed by atoms with Gasteiger partial charge in [-0.25, -0.2) is 29.5 Å². The molecule has 0 spiro atoms. The molecule has 12 rings (SSSR count). The number of carbonyl (C=O) groups excluding carboxylic acids is 4. The minimum absolute atomic E-state index is 0.0412. The fourth-order valence-corrected chi connectivity index (χ4v) is 16.1. The zero-order chi connectivity index (χ0) is 86.1. The van der Waals surface area contributed by atoms with Crippen LogP contribution < -0.4 is 0 Å². The SMILES string of the molecule is C=CC1=C(C)c2cc3[nH]c(c4c5[nH]c(cc6nc(cc1n2)C(C)=C6CC)c(C)c5C(=O)N(C(COC(COCC(O)CO)COCC(O)CO)COC(COCC(O)CO)COCC(O)CO)C4=O)C(CCC(=O)O)[C@@H]3C.C=CC1=C(C)c2cc3[nH]c(c4c5[nH]c(cc6nc(cc1n2)C(C)=C6CC)c(C)c5C(=O)OC4=O)C(CCC(=O)O)[C@@H]3C. The van der Waals surface area contributed by atoms with Crippen LogP contribution in [0, 0.1) is 13.8 Å². The van der Waals surface area contributed by atoms with E-state index < -0.39 is 130 Å². The number of aliphatic hydroxyl groups excluding tert-OH is 8. The van der Waals surface area contributed by atoms with Crippen LogP contribution >= 0.6 is 0 Å². The first-order chi connectivity index (χ1) is 56.9. The smallest absolute Gasteiger partial charge is 0.349 e. The van der Waals surface area contributed by atoms with Crippen LogP contribution in [0.25, 0.3) is 66.7 Å². The summed E-state index contributed by atoms with van der Waals surface area (Å²) in [6.45, 7) is 22.0. The third kappa shape index (κ3) is 19.4. The highest BCUT2D eigenvalue weighted by Gasteiger charge is 2.45. The number of aromatic amines is 4. The number of imide groups is 1. The molecule has 0 fully saturated rings. The summed E-state index contributed by atoms with van der Waals surface area (Å²) in [4.78, 5) is 117. The van der Waals surface area contributed by atoms with Crippen LogP contribution in [-0.4, -0.2) is 267 Å². The highest BCUT2D eigenvalue weighted by atomic mass is 16.6. The first-order valence-electron chi connectivity index (χ1n) is 39.9. The van der Waals surface area contributed by atoms with Crippen LogP contribution in [0.3, 0.4) is 0 Å². The van der Waals surface area contributed by atoms with E-state index in [-0.39, 0.29) is 112 Å². The maximum absolute atomic E-state index is 15.9. The Morgan fingerprint density at radius 2 is 0.824 bits per heavy atom. The highest BCUT2D eigenvalue weighted by molar-refractivity contribution is 6.24. The molecule has 14 N–H and O–H groups in total. The number of aliphatic carboxylic acids is 2. The maximum atomic E-state index is 15.9. The fourth-order valence-electron chi connectivity index (χ4n) is 16.1. The molecule has 2 amide bonds. The van der Waals surface area contributed by atoms with Crippen molar-refractivity contribution in [1.29, 1.82) is 0 Å². The summed E-state index contributed by atoms with van der Waals surface area (Å²) in [5.74, 6) is -6.55. The second-order valence-electron chi connectivity index (χ2n) is 30.7. The Labute approximate surface area is 687 Å². The van der Waals surface area contributed by atoms with Crippen molar-refractivity contribution in [2.24, 2.45) is 0 Å². The average Bonchev–Trinajstić information content (AvgIpc) is 1.59. The van der Waals surface area contributed by atoms with Crippen LogP contribution in [0.15, 0.2) is 61.7 Å². The van der Waals surface area contributed by atoms with Gasteiger partial charge in [0.2, 0.25) is 0 Å². The van der Waals surface area contributed by atoms with Gasteiger partial charge in [0.05, 0.1) is 172 Å². The number of aryl methyl sites for hydroxylation is 2. The van der Waals surface area contributed by atoms with Crippen molar-refractivity contribution in [2.45, 2.75) is 174 Å². The fraction of sp³-hybridized carbons (Fsp3) is 0.471. The Morgan fingerprint density at radius 1 is 0.471 bits per heavy atom. The molecule has 0 aliphatic carbocycles. The standard InChI is InChI=1S/C54H75N5O18.C33H32N4O5/c1-7-39-28(3)42-11-44-30(5)41(9-10-48(68)69)51(57-44)50-52-49(31(6)45(58-52)13-47-40(8-2)29(4)43(56-47)12-46(39)55-42)53(70)59(54(50)71)32(18-76-37(24-72-20-33(64)14-60)25-73-21-34(65)15-61)19-77-38(26-74-22-35(66)16-62)27-75-23-36(67)17-63;1-7-18-14(3)21-11-23-16(5)20(9-10-27(38)39)30(36-23)29-31-28(32(40)42-33(29)41)17(6)24(37-31)13-26-19(8-2)15(4)22(35-26)12-25(18)34-21/h7,11-13,30,32-38,41,57-58,60-67H,1,8-10,14-27H2,2-6H3,(H,68,69);7,11-13,16,20,36-37H,1,8-10H2,2-6H3,(H,38,39)/t30-,32?,33?,34?,35?,36?,37?,38?,41?;16-,20?/m00/s1. The number of hydrogen-bond donors (Lipinski definition) is 14. The molecule has 8 aliphatic rings. The lowest BCUT2D eigenvalue weighted by Gasteiger charge is -2.35. The summed E-state index contributed by atoms with van der Waals surface area (Å²) >= 11 is 0. The molecule has 638 valence electrons. The summed E-state index contributed by atoms with van der Waals surface area (Å²) in [5.41, 5.74) is 18.9. The van der Waals surface area contributed by atoms with Crippen LogP contribution in [0.4, 0.5) is 0 Å². The van der Waals surface area contributed by atoms with E-state index in [1.165, 1.54) is 0 Å². The molecule has 4 aromatic rings. The molecule has 8 aliphatic heterocycles. The van der Waals surface area contributed by atoms with E-state index in [1.54, 1.807) is 19.1 Å². The number of allylic oxidation sites excluding steroid dienone is 10. The van der Waals surface area contributed by atoms with Crippen LogP contribution in [-0.2, 0) is 42.7 Å². The third-order valence-corrected chi connectivity index (χ3v) is 22.8. The molecular weight excluding hydrogens is 1540 g/mol. The maximum Gasteiger partial charge on any atom is 0.349 e. The van der Waals surface area contributed by atoms with Gasteiger partial charge in [-0.3, -0.25) is 24.1 Å². The molecule has 32 heteroatoms. The lowest BCUT2D eigenvalue weighted by Crippen LogP contribution is -2.52. The van der Waals surface area contributed by atoms with Gasteiger partial charge < -0.3 is 104 Å². The van der Waals surface area contributed by atoms with Gasteiger partial charge in [-0.15, -0.1) is 0 Å². The van der Waals surface area contributed by atoms with E-state index in [4.69, 9.17) is 53.1 Å². The van der Waals surface area contributed by atoms with Gasteiger partial charge in [-0.05, 0) is 148 Å². The Morgan fingerprint density at radius 3 is 1.20 bits per heavy atom. The first kappa shape index (κ1) is 89.6. The van der Waals surface area contributed by atoms with Gasteiger partial charge in [0, 0.05) is 81.5 Å². The van der Waals surface area contributed by atoms with E-state index >= 15 is 9.59 Å². The van der Waals surface area contributed by atoms with Crippen LogP contribution in [0.5, 0.6) is 0 Å². The average molecular weight is 1650 g/mol. The van der Waals surface area contributed by atoms with Gasteiger partial charge >= 0.3 is 23.9 Å². The largest absolute Gasteiger partial charge is 0.481 e. The summed E-state index contributed by atoms with van der Waals surface area (Å²) in [6, 6.07) is 10.1. The number of aromatic nitrogens is 8. The monoisotopic (exact) mass is 1650 g/mol. The van der Waals surface area contributed by atoms with E-state index in [2.05, 4.69) is 40.0 Å². The number of rotatable bonds is 37. The molecule has 12 heterocycles. The predicted molar refractivity (Wildman–Crippen MR) is 440 cm³/mol. The zero-order valence-electron chi connectivity index (χ0n) is 68.5. The third-order valence-electron chi connectivity index (χ3n) is 22.8. The Kier molecular flexibility index (Phi) is 29.7. The molecule has 0 saturated carbocycles. The number of fused-ring (bicyclic) bond motifs is 16. The van der Waals surface area contributed by atoms with Crippen molar-refractivity contribution in [1.82, 2.24) is 44.8 Å². The number of cyclic esters (lactones) is 2. The quantitative estimate of drug-likeness (QED) is 0.0114. The van der Waals surface area contributed by atoms with Crippen molar-refractivity contribution in [3.63, 3.8) is 0 Å². The number of amides is 2. The number of aliphatic hydroxyl groups is 8. The molecule has 0 aromatic carbocycles.